The monoisotopic (exact) mass is 809 g/mol. The van der Waals surface area contributed by atoms with Crippen LogP contribution in [0.15, 0.2) is 200 Å². The Bertz CT molecular complexity index is 3170. The van der Waals surface area contributed by atoms with Gasteiger partial charge in [0.25, 0.3) is 0 Å². The normalized spacial score (nSPS) is 13.3. The van der Waals surface area contributed by atoms with Crippen LogP contribution in [-0.2, 0) is 0 Å². The molecule has 0 fully saturated rings. The molecule has 2 heterocycles. The lowest BCUT2D eigenvalue weighted by Crippen LogP contribution is -2.05. The van der Waals surface area contributed by atoms with Crippen LogP contribution in [0.1, 0.15) is 24.7 Å². The van der Waals surface area contributed by atoms with Gasteiger partial charge in [0.1, 0.15) is 0 Å². The Hall–Kier alpha value is -8.47. The summed E-state index contributed by atoms with van der Waals surface area (Å²) in [6.45, 7) is 2.20. The Kier molecular flexibility index (Phi) is 10.6. The summed E-state index contributed by atoms with van der Waals surface area (Å²) < 4.78 is 0. The molecule has 1 aliphatic rings. The molecule has 0 saturated heterocycles. The van der Waals surface area contributed by atoms with Crippen molar-refractivity contribution in [3.05, 3.63) is 212 Å². The van der Waals surface area contributed by atoms with E-state index in [1.165, 1.54) is 0 Å². The van der Waals surface area contributed by atoms with Gasteiger partial charge in [-0.25, -0.2) is 29.9 Å². The maximum absolute atomic E-state index is 10.4. The van der Waals surface area contributed by atoms with Gasteiger partial charge in [-0.3, -0.25) is 0 Å². The largest absolute Gasteiger partial charge is 0.208 e. The number of allylic oxidation sites excluding steroid dienone is 4. The van der Waals surface area contributed by atoms with Crippen LogP contribution in [-0.4, -0.2) is 29.9 Å². The van der Waals surface area contributed by atoms with Gasteiger partial charge < -0.3 is 0 Å². The van der Waals surface area contributed by atoms with Gasteiger partial charge in [0.2, 0.25) is 0 Å². The zero-order valence-corrected chi connectivity index (χ0v) is 34.5. The second-order valence-corrected chi connectivity index (χ2v) is 15.5. The molecule has 9 aromatic rings. The van der Waals surface area contributed by atoms with Gasteiger partial charge in [0.05, 0.1) is 11.6 Å². The first kappa shape index (κ1) is 38.7. The van der Waals surface area contributed by atoms with Crippen molar-refractivity contribution in [2.24, 2.45) is 5.92 Å². The van der Waals surface area contributed by atoms with E-state index in [2.05, 4.69) is 79.8 Å². The quantitative estimate of drug-likeness (QED) is 0.143. The smallest absolute Gasteiger partial charge is 0.164 e. The van der Waals surface area contributed by atoms with E-state index < -0.39 is 0 Å². The maximum Gasteiger partial charge on any atom is 0.164 e. The summed E-state index contributed by atoms with van der Waals surface area (Å²) in [6, 6.07) is 63.2. The van der Waals surface area contributed by atoms with E-state index in [1.54, 1.807) is 0 Å². The average Bonchev–Trinajstić information content (AvgIpc) is 3.37. The Morgan fingerprint density at radius 2 is 0.841 bits per heavy atom. The molecule has 0 unspecified atom stereocenters. The number of aromatic nitrogens is 6. The SMILES string of the molecule is C[C@H]1C=C(c2nc(-c3ccccc3)nc(-c3ccccc3-c3ccc(C#N)c(-c4cccc(-c5cccc(-c6nc(-c7ccccc7)nc(-c7ccccc7)n6)c5)c4)c3)n2)C=CC1. The van der Waals surface area contributed by atoms with Crippen molar-refractivity contribution >= 4 is 5.57 Å². The first-order valence-electron chi connectivity index (χ1n) is 21.0. The topological polar surface area (TPSA) is 101 Å². The van der Waals surface area contributed by atoms with Crippen molar-refractivity contribution in [2.45, 2.75) is 13.3 Å². The first-order valence-corrected chi connectivity index (χ1v) is 21.0. The molecule has 0 amide bonds. The highest BCUT2D eigenvalue weighted by atomic mass is 15.0. The number of hydrogen-bond donors (Lipinski definition) is 0. The highest BCUT2D eigenvalue weighted by Crippen LogP contribution is 2.37. The third-order valence-electron chi connectivity index (χ3n) is 11.1. The van der Waals surface area contributed by atoms with Crippen molar-refractivity contribution in [3.63, 3.8) is 0 Å². The molecule has 0 radical (unpaired) electrons. The van der Waals surface area contributed by atoms with Crippen molar-refractivity contribution in [1.29, 1.82) is 5.26 Å². The zero-order chi connectivity index (χ0) is 42.5. The molecule has 63 heavy (non-hydrogen) atoms. The highest BCUT2D eigenvalue weighted by Gasteiger charge is 2.19. The van der Waals surface area contributed by atoms with Gasteiger partial charge in [-0.1, -0.05) is 183 Å². The summed E-state index contributed by atoms with van der Waals surface area (Å²) in [6.07, 6.45) is 7.50. The van der Waals surface area contributed by atoms with Crippen LogP contribution in [0.5, 0.6) is 0 Å². The lowest BCUT2D eigenvalue weighted by molar-refractivity contribution is 0.738. The molecule has 298 valence electrons. The average molecular weight is 810 g/mol. The second kappa shape index (κ2) is 17.3. The molecule has 7 nitrogen and oxygen atoms in total. The summed E-state index contributed by atoms with van der Waals surface area (Å²) in [5.74, 6) is 4.02. The fourth-order valence-electron chi connectivity index (χ4n) is 7.95. The van der Waals surface area contributed by atoms with Gasteiger partial charge in [0.15, 0.2) is 34.9 Å². The molecule has 1 aliphatic carbocycles. The number of hydrogen-bond acceptors (Lipinski definition) is 7. The minimum absolute atomic E-state index is 0.383. The van der Waals surface area contributed by atoms with Crippen molar-refractivity contribution in [2.75, 3.05) is 0 Å². The molecule has 10 rings (SSSR count). The molecule has 2 aromatic heterocycles. The first-order chi connectivity index (χ1) is 31.1. The second-order valence-electron chi connectivity index (χ2n) is 15.5. The van der Waals surface area contributed by atoms with E-state index in [4.69, 9.17) is 29.9 Å². The molecule has 0 N–H and O–H groups in total. The lowest BCUT2D eigenvalue weighted by atomic mass is 9.91. The molecule has 0 saturated carbocycles. The third kappa shape index (κ3) is 8.22. The molecular weight excluding hydrogens is 771 g/mol. The number of nitriles is 1. The summed E-state index contributed by atoms with van der Waals surface area (Å²) >= 11 is 0. The van der Waals surface area contributed by atoms with Gasteiger partial charge in [-0.05, 0) is 64.4 Å². The van der Waals surface area contributed by atoms with E-state index in [0.29, 0.717) is 46.4 Å². The van der Waals surface area contributed by atoms with Crippen LogP contribution < -0.4 is 0 Å². The van der Waals surface area contributed by atoms with E-state index in [0.717, 1.165) is 73.2 Å². The van der Waals surface area contributed by atoms with Crippen molar-refractivity contribution in [3.8, 4) is 96.4 Å². The Labute approximate surface area is 366 Å². The van der Waals surface area contributed by atoms with Crippen LogP contribution in [0.3, 0.4) is 0 Å². The predicted octanol–water partition coefficient (Wildman–Crippen LogP) is 13.2. The van der Waals surface area contributed by atoms with E-state index in [1.807, 2.05) is 133 Å². The summed E-state index contributed by atoms with van der Waals surface area (Å²) in [4.78, 5) is 29.9. The number of benzene rings is 7. The third-order valence-corrected chi connectivity index (χ3v) is 11.1. The zero-order valence-electron chi connectivity index (χ0n) is 34.5. The van der Waals surface area contributed by atoms with Crippen LogP contribution >= 0.6 is 0 Å². The van der Waals surface area contributed by atoms with Crippen molar-refractivity contribution in [1.82, 2.24) is 29.9 Å². The van der Waals surface area contributed by atoms with Gasteiger partial charge in [-0.2, -0.15) is 5.26 Å². The van der Waals surface area contributed by atoms with Crippen molar-refractivity contribution < 1.29 is 0 Å². The van der Waals surface area contributed by atoms with E-state index >= 15 is 0 Å². The molecule has 7 aromatic carbocycles. The van der Waals surface area contributed by atoms with Gasteiger partial charge >= 0.3 is 0 Å². The van der Waals surface area contributed by atoms with Crippen LogP contribution in [0, 0.1) is 17.2 Å². The summed E-state index contributed by atoms with van der Waals surface area (Å²) in [5, 5.41) is 10.4. The molecule has 1 atom stereocenters. The fourth-order valence-corrected chi connectivity index (χ4v) is 7.95. The predicted molar refractivity (Wildman–Crippen MR) is 252 cm³/mol. The van der Waals surface area contributed by atoms with Crippen LogP contribution in [0.4, 0.5) is 0 Å². The Balaban J connectivity index is 1.04. The highest BCUT2D eigenvalue weighted by molar-refractivity contribution is 5.87. The minimum atomic E-state index is 0.383. The summed E-state index contributed by atoms with van der Waals surface area (Å²) in [7, 11) is 0. The van der Waals surface area contributed by atoms with Crippen LogP contribution in [0.25, 0.3) is 95.9 Å². The standard InChI is InChI=1S/C56H39N7/c1-37-16-13-26-45(32-37)54-61-53(40-21-9-4-10-22-40)62-56(63-54)49-29-12-11-28-48(49)44-30-31-47(36-57)50(35-44)43-25-14-23-41(33-43)42-24-15-27-46(34-42)55-59-51(38-17-5-2-6-18-38)58-52(60-55)39-19-7-3-8-20-39/h2-15,17-35,37H,16H2,1H3/t37-/m1/s1. The fraction of sp³-hybridized carbons (Fsp3) is 0.0536. The minimum Gasteiger partial charge on any atom is -0.208 e. The number of nitrogens with zero attached hydrogens (tertiary/aromatic N) is 7. The molecule has 0 spiro atoms. The van der Waals surface area contributed by atoms with E-state index in [9.17, 15) is 5.26 Å². The molecule has 7 heteroatoms. The maximum atomic E-state index is 10.4. The van der Waals surface area contributed by atoms with Gasteiger partial charge in [0, 0.05) is 39.0 Å². The van der Waals surface area contributed by atoms with Gasteiger partial charge in [-0.15, -0.1) is 0 Å². The molecule has 0 bridgehead atoms. The molecular formula is C56H39N7. The Morgan fingerprint density at radius 1 is 0.397 bits per heavy atom. The van der Waals surface area contributed by atoms with Crippen LogP contribution in [0.2, 0.25) is 0 Å². The summed E-state index contributed by atoms with van der Waals surface area (Å²) in [5.41, 5.74) is 11.7. The lowest BCUT2D eigenvalue weighted by Gasteiger charge is -2.15. The number of rotatable bonds is 9. The molecule has 0 aliphatic heterocycles. The van der Waals surface area contributed by atoms with E-state index in [-0.39, 0.29) is 0 Å². The Morgan fingerprint density at radius 3 is 1.43 bits per heavy atom.